The van der Waals surface area contributed by atoms with E-state index < -0.39 is 23.6 Å². The van der Waals surface area contributed by atoms with Gasteiger partial charge in [0.15, 0.2) is 5.13 Å². The standard InChI is InChI=1S/C24H19F3N4O4S/c1-35-16-4-2-13(18(8-16)24(25,26)27)7-17(12-3-5-19-14(6-12)9-28-30-19)20-21(32)29-23(36-20)31-10-15(11-31)22(33)34/h2-9,15,32H,10-11H2,1H3,(H,28,30)(H,33,34). The molecule has 0 saturated carbocycles. The molecule has 1 fully saturated rings. The molecule has 2 aromatic carbocycles. The maximum Gasteiger partial charge on any atom is 0.417 e. The summed E-state index contributed by atoms with van der Waals surface area (Å²) < 4.78 is 46.7. The highest BCUT2D eigenvalue weighted by molar-refractivity contribution is 7.17. The molecule has 8 nitrogen and oxygen atoms in total. The minimum absolute atomic E-state index is 0.0644. The number of H-pyrrole nitrogens is 1. The third kappa shape index (κ3) is 4.35. The lowest BCUT2D eigenvalue weighted by Crippen LogP contribution is -2.50. The van der Waals surface area contributed by atoms with Crippen LogP contribution in [0.2, 0.25) is 0 Å². The topological polar surface area (TPSA) is 112 Å². The van der Waals surface area contributed by atoms with Crippen LogP contribution in [0.3, 0.4) is 0 Å². The summed E-state index contributed by atoms with van der Waals surface area (Å²) in [5, 5.41) is 27.8. The van der Waals surface area contributed by atoms with E-state index in [1.165, 1.54) is 25.3 Å². The molecule has 186 valence electrons. The van der Waals surface area contributed by atoms with Crippen LogP contribution in [0.4, 0.5) is 18.3 Å². The van der Waals surface area contributed by atoms with Crippen molar-refractivity contribution in [1.29, 1.82) is 0 Å². The number of aromatic amines is 1. The summed E-state index contributed by atoms with van der Waals surface area (Å²) in [5.74, 6) is -1.74. The minimum Gasteiger partial charge on any atom is -0.497 e. The van der Waals surface area contributed by atoms with Crippen molar-refractivity contribution in [1.82, 2.24) is 15.2 Å². The first-order valence-electron chi connectivity index (χ1n) is 10.7. The molecule has 1 aliphatic heterocycles. The molecule has 1 aliphatic rings. The molecule has 0 atom stereocenters. The Bertz CT molecular complexity index is 1490. The summed E-state index contributed by atoms with van der Waals surface area (Å²) in [6, 6.07) is 8.88. The molecule has 5 rings (SSSR count). The SMILES string of the molecule is COc1ccc(C=C(c2ccc3[nH]ncc3c2)c2sc(N3CC(C(=O)O)C3)nc2O)c(C(F)(F)F)c1. The fraction of sp³-hybridized carbons (Fsp3) is 0.208. The average Bonchev–Trinajstić information content (AvgIpc) is 3.41. The zero-order valence-electron chi connectivity index (χ0n) is 18.7. The van der Waals surface area contributed by atoms with Crippen molar-refractivity contribution in [2.75, 3.05) is 25.1 Å². The summed E-state index contributed by atoms with van der Waals surface area (Å²) in [6.45, 7) is 0.469. The van der Waals surface area contributed by atoms with E-state index in [1.54, 1.807) is 29.3 Å². The first-order chi connectivity index (χ1) is 17.1. The third-order valence-electron chi connectivity index (χ3n) is 5.96. The van der Waals surface area contributed by atoms with Gasteiger partial charge in [-0.05, 0) is 41.5 Å². The number of carboxylic acids is 1. The van der Waals surface area contributed by atoms with Gasteiger partial charge in [0.25, 0.3) is 0 Å². The summed E-state index contributed by atoms with van der Waals surface area (Å²) in [7, 11) is 1.29. The zero-order chi connectivity index (χ0) is 25.6. The summed E-state index contributed by atoms with van der Waals surface area (Å²) >= 11 is 1.08. The highest BCUT2D eigenvalue weighted by atomic mass is 32.1. The molecule has 0 spiro atoms. The largest absolute Gasteiger partial charge is 0.497 e. The zero-order valence-corrected chi connectivity index (χ0v) is 19.5. The van der Waals surface area contributed by atoms with E-state index in [0.717, 1.165) is 28.3 Å². The predicted octanol–water partition coefficient (Wildman–Crippen LogP) is 4.86. The van der Waals surface area contributed by atoms with Gasteiger partial charge < -0.3 is 19.8 Å². The first kappa shape index (κ1) is 23.7. The number of halogens is 3. The number of thiazole rings is 1. The molecule has 0 unspecified atom stereocenters. The van der Waals surface area contributed by atoms with Crippen molar-refractivity contribution in [2.24, 2.45) is 5.92 Å². The van der Waals surface area contributed by atoms with Gasteiger partial charge in [-0.2, -0.15) is 23.3 Å². The van der Waals surface area contributed by atoms with Crippen LogP contribution in [-0.4, -0.2) is 51.6 Å². The minimum atomic E-state index is -4.65. The van der Waals surface area contributed by atoms with Gasteiger partial charge in [-0.15, -0.1) is 0 Å². The predicted molar refractivity (Wildman–Crippen MR) is 128 cm³/mol. The number of aromatic hydroxyl groups is 1. The number of nitrogens with zero attached hydrogens (tertiary/aromatic N) is 3. The summed E-state index contributed by atoms with van der Waals surface area (Å²) in [6.07, 6.45) is -1.70. The Morgan fingerprint density at radius 1 is 1.25 bits per heavy atom. The number of benzene rings is 2. The Hall–Kier alpha value is -4.06. The van der Waals surface area contributed by atoms with Crippen LogP contribution in [0.5, 0.6) is 11.6 Å². The van der Waals surface area contributed by atoms with Gasteiger partial charge in [-0.3, -0.25) is 9.89 Å². The van der Waals surface area contributed by atoms with Crippen molar-refractivity contribution >= 4 is 45.0 Å². The van der Waals surface area contributed by atoms with Crippen LogP contribution in [0, 0.1) is 5.92 Å². The van der Waals surface area contributed by atoms with E-state index in [4.69, 9.17) is 9.84 Å². The lowest BCUT2D eigenvalue weighted by Gasteiger charge is -2.36. The van der Waals surface area contributed by atoms with Crippen molar-refractivity contribution in [3.8, 4) is 11.6 Å². The number of nitrogens with one attached hydrogen (secondary N) is 1. The van der Waals surface area contributed by atoms with Gasteiger partial charge in [-0.25, -0.2) is 0 Å². The molecule has 0 aliphatic carbocycles. The normalized spacial score (nSPS) is 14.8. The number of aliphatic carboxylic acids is 1. The number of hydrogen-bond donors (Lipinski definition) is 3. The second kappa shape index (κ2) is 8.86. The van der Waals surface area contributed by atoms with Gasteiger partial charge >= 0.3 is 12.1 Å². The van der Waals surface area contributed by atoms with Crippen molar-refractivity contribution in [2.45, 2.75) is 6.18 Å². The molecule has 3 N–H and O–H groups in total. The number of anilines is 1. The van der Waals surface area contributed by atoms with Crippen LogP contribution in [0.15, 0.2) is 42.6 Å². The van der Waals surface area contributed by atoms with Crippen LogP contribution in [-0.2, 0) is 11.0 Å². The van der Waals surface area contributed by atoms with Crippen LogP contribution in [0.25, 0.3) is 22.6 Å². The molecule has 12 heteroatoms. The van der Waals surface area contributed by atoms with E-state index in [1.807, 2.05) is 0 Å². The smallest absolute Gasteiger partial charge is 0.417 e. The Morgan fingerprint density at radius 2 is 2.03 bits per heavy atom. The number of aromatic nitrogens is 3. The monoisotopic (exact) mass is 516 g/mol. The molecule has 1 saturated heterocycles. The van der Waals surface area contributed by atoms with Gasteiger partial charge in [-0.1, -0.05) is 23.5 Å². The molecular weight excluding hydrogens is 497 g/mol. The Balaban J connectivity index is 1.65. The second-order valence-electron chi connectivity index (χ2n) is 8.27. The van der Waals surface area contributed by atoms with Crippen molar-refractivity contribution < 1.29 is 32.9 Å². The molecule has 4 aromatic rings. The number of hydrogen-bond acceptors (Lipinski definition) is 7. The number of methoxy groups -OCH3 is 1. The summed E-state index contributed by atoms with van der Waals surface area (Å²) in [5.41, 5.74) is 0.610. The summed E-state index contributed by atoms with van der Waals surface area (Å²) in [4.78, 5) is 17.3. The maximum atomic E-state index is 13.9. The Morgan fingerprint density at radius 3 is 2.72 bits per heavy atom. The van der Waals surface area contributed by atoms with Crippen LogP contribution in [0.1, 0.15) is 21.6 Å². The van der Waals surface area contributed by atoms with Crippen molar-refractivity contribution in [3.05, 3.63) is 64.2 Å². The molecule has 2 aromatic heterocycles. The number of fused-ring (bicyclic) bond motifs is 1. The highest BCUT2D eigenvalue weighted by Crippen LogP contribution is 2.43. The number of rotatable bonds is 6. The highest BCUT2D eigenvalue weighted by Gasteiger charge is 2.36. The van der Waals surface area contributed by atoms with Gasteiger partial charge in [0.05, 0.1) is 30.3 Å². The molecular formula is C24H19F3N4O4S. The number of carbonyl (C=O) groups is 1. The fourth-order valence-electron chi connectivity index (χ4n) is 3.98. The van der Waals surface area contributed by atoms with Gasteiger partial charge in [0.1, 0.15) is 10.6 Å². The first-order valence-corrected chi connectivity index (χ1v) is 11.5. The molecule has 3 heterocycles. The maximum absolute atomic E-state index is 13.9. The van der Waals surface area contributed by atoms with E-state index in [9.17, 15) is 23.1 Å². The molecule has 0 bridgehead atoms. The number of alkyl halides is 3. The number of carboxylic acid groups (broad SMARTS) is 1. The Labute approximate surface area is 206 Å². The van der Waals surface area contributed by atoms with Gasteiger partial charge in [0, 0.05) is 24.0 Å². The lowest BCUT2D eigenvalue weighted by atomic mass is 9.97. The average molecular weight is 517 g/mol. The van der Waals surface area contributed by atoms with Gasteiger partial charge in [0.2, 0.25) is 5.88 Å². The number of ether oxygens (including phenoxy) is 1. The molecule has 36 heavy (non-hydrogen) atoms. The molecule has 0 amide bonds. The van der Waals surface area contributed by atoms with E-state index in [2.05, 4.69) is 15.2 Å². The Kier molecular flexibility index (Phi) is 5.83. The second-order valence-corrected chi connectivity index (χ2v) is 9.25. The van der Waals surface area contributed by atoms with E-state index in [-0.39, 0.29) is 35.2 Å². The van der Waals surface area contributed by atoms with E-state index >= 15 is 0 Å². The third-order valence-corrected chi connectivity index (χ3v) is 7.10. The quantitative estimate of drug-likeness (QED) is 0.314. The fourth-order valence-corrected chi connectivity index (χ4v) is 5.00. The van der Waals surface area contributed by atoms with Crippen LogP contribution >= 0.6 is 11.3 Å². The van der Waals surface area contributed by atoms with Crippen molar-refractivity contribution in [3.63, 3.8) is 0 Å². The lowest BCUT2D eigenvalue weighted by molar-refractivity contribution is -0.142. The molecule has 0 radical (unpaired) electrons. The van der Waals surface area contributed by atoms with E-state index in [0.29, 0.717) is 16.3 Å². The van der Waals surface area contributed by atoms with Crippen LogP contribution < -0.4 is 9.64 Å².